The standard InChI is InChI=1S/C28H28N6O3/c1-36-21-12-10-20(25(15-21)37-2)18-34-26(13-11-19-16-30-23-8-4-3-7-22(19)23)32-33-27(34)17-31-28(35)24-9-5-6-14-29-24/h3-10,12,14-16,30H,11,13,17-18H2,1-2H3,(H,31,35). The molecular weight excluding hydrogens is 468 g/mol. The average molecular weight is 497 g/mol. The molecule has 3 heterocycles. The van der Waals surface area contributed by atoms with Gasteiger partial charge in [-0.2, -0.15) is 0 Å². The first-order valence-electron chi connectivity index (χ1n) is 12.0. The highest BCUT2D eigenvalue weighted by molar-refractivity contribution is 5.92. The van der Waals surface area contributed by atoms with Crippen LogP contribution in [-0.4, -0.2) is 44.9 Å². The molecule has 0 aliphatic carbocycles. The minimum Gasteiger partial charge on any atom is -0.497 e. The Balaban J connectivity index is 1.41. The minimum absolute atomic E-state index is 0.216. The van der Waals surface area contributed by atoms with E-state index in [-0.39, 0.29) is 12.5 Å². The predicted molar refractivity (Wildman–Crippen MR) is 140 cm³/mol. The van der Waals surface area contributed by atoms with Crippen molar-refractivity contribution >= 4 is 16.8 Å². The maximum Gasteiger partial charge on any atom is 0.270 e. The highest BCUT2D eigenvalue weighted by atomic mass is 16.5. The number of amides is 1. The van der Waals surface area contributed by atoms with E-state index >= 15 is 0 Å². The van der Waals surface area contributed by atoms with Crippen LogP contribution in [-0.2, 0) is 25.9 Å². The number of nitrogens with one attached hydrogen (secondary N) is 2. The number of nitrogens with zero attached hydrogens (tertiary/aromatic N) is 4. The molecule has 2 N–H and O–H groups in total. The molecule has 9 heteroatoms. The SMILES string of the molecule is COc1ccc(Cn2c(CCc3c[nH]c4ccccc34)nnc2CNC(=O)c2ccccn2)c(OC)c1. The van der Waals surface area contributed by atoms with Crippen LogP contribution in [0.1, 0.15) is 33.3 Å². The molecule has 0 radical (unpaired) electrons. The summed E-state index contributed by atoms with van der Waals surface area (Å²) < 4.78 is 13.0. The second-order valence-electron chi connectivity index (χ2n) is 8.55. The number of para-hydroxylation sites is 1. The second kappa shape index (κ2) is 10.9. The van der Waals surface area contributed by atoms with Crippen molar-refractivity contribution in [2.75, 3.05) is 14.2 Å². The van der Waals surface area contributed by atoms with Gasteiger partial charge >= 0.3 is 0 Å². The molecule has 0 aliphatic rings. The molecule has 0 fully saturated rings. The van der Waals surface area contributed by atoms with Gasteiger partial charge in [-0.15, -0.1) is 10.2 Å². The van der Waals surface area contributed by atoms with Crippen LogP contribution in [0.25, 0.3) is 10.9 Å². The molecule has 0 atom stereocenters. The summed E-state index contributed by atoms with van der Waals surface area (Å²) in [6.45, 7) is 0.701. The van der Waals surface area contributed by atoms with E-state index in [1.807, 2.05) is 41.1 Å². The summed E-state index contributed by atoms with van der Waals surface area (Å²) in [5, 5.41) is 13.1. The van der Waals surface area contributed by atoms with Crippen molar-refractivity contribution in [3.05, 3.63) is 102 Å². The van der Waals surface area contributed by atoms with Gasteiger partial charge in [0.25, 0.3) is 5.91 Å². The molecule has 188 valence electrons. The largest absolute Gasteiger partial charge is 0.497 e. The smallest absolute Gasteiger partial charge is 0.270 e. The Morgan fingerprint density at radius 1 is 0.946 bits per heavy atom. The highest BCUT2D eigenvalue weighted by Crippen LogP contribution is 2.26. The number of hydrogen-bond donors (Lipinski definition) is 2. The van der Waals surface area contributed by atoms with Crippen molar-refractivity contribution in [3.63, 3.8) is 0 Å². The minimum atomic E-state index is -0.266. The van der Waals surface area contributed by atoms with Crippen LogP contribution < -0.4 is 14.8 Å². The van der Waals surface area contributed by atoms with Crippen molar-refractivity contribution in [2.45, 2.75) is 25.9 Å². The average Bonchev–Trinajstić information content (AvgIpc) is 3.54. The second-order valence-corrected chi connectivity index (χ2v) is 8.55. The summed E-state index contributed by atoms with van der Waals surface area (Å²) in [5.41, 5.74) is 3.63. The maximum absolute atomic E-state index is 12.6. The lowest BCUT2D eigenvalue weighted by molar-refractivity contribution is 0.0944. The number of pyridine rings is 1. The Morgan fingerprint density at radius 2 is 1.78 bits per heavy atom. The third-order valence-corrected chi connectivity index (χ3v) is 6.32. The van der Waals surface area contributed by atoms with Gasteiger partial charge in [0.1, 0.15) is 23.0 Å². The zero-order chi connectivity index (χ0) is 25.6. The number of rotatable bonds is 10. The van der Waals surface area contributed by atoms with Gasteiger partial charge in [0.15, 0.2) is 5.82 Å². The third kappa shape index (κ3) is 5.30. The zero-order valence-electron chi connectivity index (χ0n) is 20.8. The molecule has 37 heavy (non-hydrogen) atoms. The van der Waals surface area contributed by atoms with E-state index < -0.39 is 0 Å². The van der Waals surface area contributed by atoms with E-state index in [1.54, 1.807) is 38.6 Å². The molecule has 3 aromatic heterocycles. The van der Waals surface area contributed by atoms with Crippen LogP contribution in [0.15, 0.2) is 73.1 Å². The van der Waals surface area contributed by atoms with Crippen molar-refractivity contribution in [3.8, 4) is 11.5 Å². The molecule has 0 saturated heterocycles. The van der Waals surface area contributed by atoms with Crippen LogP contribution in [0, 0.1) is 0 Å². The van der Waals surface area contributed by atoms with E-state index in [1.165, 1.54) is 10.9 Å². The third-order valence-electron chi connectivity index (χ3n) is 6.32. The molecule has 5 rings (SSSR count). The van der Waals surface area contributed by atoms with Gasteiger partial charge in [-0.25, -0.2) is 0 Å². The molecule has 0 unspecified atom stereocenters. The molecule has 9 nitrogen and oxygen atoms in total. The van der Waals surface area contributed by atoms with E-state index in [0.717, 1.165) is 23.3 Å². The fraction of sp³-hybridized carbons (Fsp3) is 0.214. The predicted octanol–water partition coefficient (Wildman–Crippen LogP) is 3.94. The van der Waals surface area contributed by atoms with Gasteiger partial charge < -0.3 is 24.3 Å². The summed E-state index contributed by atoms with van der Waals surface area (Å²) in [6, 6.07) is 19.2. The summed E-state index contributed by atoms with van der Waals surface area (Å²) in [4.78, 5) is 20.1. The number of H-pyrrole nitrogens is 1. The van der Waals surface area contributed by atoms with Crippen molar-refractivity contribution < 1.29 is 14.3 Å². The first kappa shape index (κ1) is 24.1. The highest BCUT2D eigenvalue weighted by Gasteiger charge is 2.17. The summed E-state index contributed by atoms with van der Waals surface area (Å²) >= 11 is 0. The number of carbonyl (C=O) groups excluding carboxylic acids is 1. The Labute approximate surface area is 214 Å². The van der Waals surface area contributed by atoms with E-state index in [9.17, 15) is 4.79 Å². The summed E-state index contributed by atoms with van der Waals surface area (Å²) in [5.74, 6) is 2.63. The van der Waals surface area contributed by atoms with Crippen LogP contribution in [0.3, 0.4) is 0 Å². The molecule has 0 spiro atoms. The molecule has 0 aliphatic heterocycles. The maximum atomic E-state index is 12.6. The first-order valence-corrected chi connectivity index (χ1v) is 12.0. The van der Waals surface area contributed by atoms with Gasteiger partial charge in [-0.3, -0.25) is 9.78 Å². The Kier molecular flexibility index (Phi) is 7.12. The number of aromatic amines is 1. The Hall–Kier alpha value is -4.66. The molecule has 5 aromatic rings. The quantitative estimate of drug-likeness (QED) is 0.303. The summed E-state index contributed by atoms with van der Waals surface area (Å²) in [7, 11) is 3.26. The lowest BCUT2D eigenvalue weighted by Gasteiger charge is -2.15. The van der Waals surface area contributed by atoms with Crippen LogP contribution in [0.5, 0.6) is 11.5 Å². The number of ether oxygens (including phenoxy) is 2. The number of fused-ring (bicyclic) bond motifs is 1. The van der Waals surface area contributed by atoms with Gasteiger partial charge in [0.05, 0.1) is 27.3 Å². The van der Waals surface area contributed by atoms with Gasteiger partial charge in [-0.05, 0) is 42.3 Å². The molecule has 2 aromatic carbocycles. The zero-order valence-corrected chi connectivity index (χ0v) is 20.8. The van der Waals surface area contributed by atoms with Gasteiger partial charge in [0.2, 0.25) is 0 Å². The monoisotopic (exact) mass is 496 g/mol. The fourth-order valence-electron chi connectivity index (χ4n) is 4.36. The van der Waals surface area contributed by atoms with Crippen LogP contribution in [0.2, 0.25) is 0 Å². The lowest BCUT2D eigenvalue weighted by Crippen LogP contribution is -2.26. The van der Waals surface area contributed by atoms with Crippen molar-refractivity contribution in [1.82, 2.24) is 30.0 Å². The Bertz CT molecular complexity index is 1510. The lowest BCUT2D eigenvalue weighted by atomic mass is 10.1. The molecule has 0 saturated carbocycles. The van der Waals surface area contributed by atoms with Crippen LogP contribution >= 0.6 is 0 Å². The number of aromatic nitrogens is 5. The summed E-state index contributed by atoms with van der Waals surface area (Å²) in [6.07, 6.45) is 5.12. The normalized spacial score (nSPS) is 11.0. The number of hydrogen-bond acceptors (Lipinski definition) is 6. The van der Waals surface area contributed by atoms with Gasteiger partial charge in [0, 0.05) is 41.3 Å². The molecule has 1 amide bonds. The number of aryl methyl sites for hydroxylation is 2. The Morgan fingerprint density at radius 3 is 2.59 bits per heavy atom. The van der Waals surface area contributed by atoms with Crippen molar-refractivity contribution in [2.24, 2.45) is 0 Å². The fourth-order valence-corrected chi connectivity index (χ4v) is 4.36. The van der Waals surface area contributed by atoms with Crippen LogP contribution in [0.4, 0.5) is 0 Å². The van der Waals surface area contributed by atoms with Gasteiger partial charge in [-0.1, -0.05) is 24.3 Å². The number of carbonyl (C=O) groups is 1. The van der Waals surface area contributed by atoms with E-state index in [0.29, 0.717) is 36.0 Å². The van der Waals surface area contributed by atoms with E-state index in [2.05, 4.69) is 37.6 Å². The topological polar surface area (TPSA) is 107 Å². The first-order chi connectivity index (χ1) is 18.2. The number of methoxy groups -OCH3 is 2. The number of benzene rings is 2. The van der Waals surface area contributed by atoms with Crippen molar-refractivity contribution in [1.29, 1.82) is 0 Å². The van der Waals surface area contributed by atoms with E-state index in [4.69, 9.17) is 9.47 Å². The molecular formula is C28H28N6O3. The molecule has 0 bridgehead atoms.